The fourth-order valence-electron chi connectivity index (χ4n) is 2.04. The lowest BCUT2D eigenvalue weighted by molar-refractivity contribution is -0.110. The minimum Gasteiger partial charge on any atom is -0.303 e. The molecule has 2 rings (SSSR count). The molecule has 0 bridgehead atoms. The second-order valence-corrected chi connectivity index (χ2v) is 6.40. The molecule has 0 amide bonds. The van der Waals surface area contributed by atoms with Crippen LogP contribution in [0.1, 0.15) is 50.7 Å². The Labute approximate surface area is 128 Å². The van der Waals surface area contributed by atoms with Gasteiger partial charge in [0, 0.05) is 10.8 Å². The minimum atomic E-state index is 0.306. The molecule has 1 aliphatic rings. The van der Waals surface area contributed by atoms with Crippen LogP contribution in [0.15, 0.2) is 35.2 Å². The average Bonchev–Trinajstić information content (AvgIpc) is 2.95. The second-order valence-electron chi connectivity index (χ2n) is 5.92. The van der Waals surface area contributed by atoms with Gasteiger partial charge in [-0.05, 0) is 48.8 Å². The maximum Gasteiger partial charge on any atom is 0.123 e. The first-order chi connectivity index (χ1) is 9.45. The van der Waals surface area contributed by atoms with Crippen LogP contribution in [0.2, 0.25) is 0 Å². The molecule has 0 aromatic heterocycles. The van der Waals surface area contributed by atoms with Crippen molar-refractivity contribution in [2.45, 2.75) is 51.3 Å². The molecule has 1 aliphatic carbocycles. The van der Waals surface area contributed by atoms with Crippen molar-refractivity contribution < 1.29 is 4.79 Å². The Morgan fingerprint density at radius 3 is 2.20 bits per heavy atom. The van der Waals surface area contributed by atoms with E-state index < -0.39 is 0 Å². The Kier molecular flexibility index (Phi) is 7.08. The maximum atomic E-state index is 9.97. The highest BCUT2D eigenvalue weighted by Crippen LogP contribution is 2.26. The first kappa shape index (κ1) is 17.0. The van der Waals surface area contributed by atoms with Gasteiger partial charge < -0.3 is 4.79 Å². The molecular formula is C18H26OS. The van der Waals surface area contributed by atoms with Gasteiger partial charge in [-0.2, -0.15) is 0 Å². The van der Waals surface area contributed by atoms with E-state index in [9.17, 15) is 4.79 Å². The SMILES string of the molecule is Cc1ccc(C(C)C(C)C)cc1S.O=CC1CC=CC1. The van der Waals surface area contributed by atoms with E-state index in [2.05, 4.69) is 70.7 Å². The molecule has 1 atom stereocenters. The summed E-state index contributed by atoms with van der Waals surface area (Å²) in [4.78, 5) is 11.1. The fraction of sp³-hybridized carbons (Fsp3) is 0.500. The Hall–Kier alpha value is -1.02. The minimum absolute atomic E-state index is 0.306. The summed E-state index contributed by atoms with van der Waals surface area (Å²) in [5.41, 5.74) is 2.65. The predicted molar refractivity (Wildman–Crippen MR) is 89.6 cm³/mol. The van der Waals surface area contributed by atoms with Gasteiger partial charge in [-0.1, -0.05) is 45.1 Å². The summed E-state index contributed by atoms with van der Waals surface area (Å²) in [6.45, 7) is 8.86. The first-order valence-electron chi connectivity index (χ1n) is 7.35. The van der Waals surface area contributed by atoms with E-state index in [0.717, 1.165) is 24.0 Å². The van der Waals surface area contributed by atoms with E-state index >= 15 is 0 Å². The molecular weight excluding hydrogens is 264 g/mol. The van der Waals surface area contributed by atoms with Crippen LogP contribution >= 0.6 is 12.6 Å². The molecule has 0 saturated heterocycles. The van der Waals surface area contributed by atoms with Gasteiger partial charge in [-0.15, -0.1) is 12.6 Å². The summed E-state index contributed by atoms with van der Waals surface area (Å²) in [5, 5.41) is 0. The van der Waals surface area contributed by atoms with Gasteiger partial charge in [0.1, 0.15) is 6.29 Å². The van der Waals surface area contributed by atoms with Crippen molar-refractivity contribution in [1.82, 2.24) is 0 Å². The van der Waals surface area contributed by atoms with Crippen molar-refractivity contribution >= 4 is 18.9 Å². The summed E-state index contributed by atoms with van der Waals surface area (Å²) < 4.78 is 0. The smallest absolute Gasteiger partial charge is 0.123 e. The lowest BCUT2D eigenvalue weighted by atomic mass is 9.90. The molecule has 0 spiro atoms. The van der Waals surface area contributed by atoms with E-state index in [1.807, 2.05) is 0 Å². The topological polar surface area (TPSA) is 17.1 Å². The summed E-state index contributed by atoms with van der Waals surface area (Å²) in [6.07, 6.45) is 7.06. The number of rotatable bonds is 3. The van der Waals surface area contributed by atoms with Gasteiger partial charge in [-0.25, -0.2) is 0 Å². The van der Waals surface area contributed by atoms with Gasteiger partial charge in [0.25, 0.3) is 0 Å². The van der Waals surface area contributed by atoms with E-state index in [4.69, 9.17) is 0 Å². The van der Waals surface area contributed by atoms with Gasteiger partial charge in [0.15, 0.2) is 0 Å². The molecule has 1 unspecified atom stereocenters. The van der Waals surface area contributed by atoms with Crippen LogP contribution in [0.25, 0.3) is 0 Å². The Bertz CT molecular complexity index is 454. The van der Waals surface area contributed by atoms with E-state index in [1.165, 1.54) is 11.1 Å². The van der Waals surface area contributed by atoms with Gasteiger partial charge >= 0.3 is 0 Å². The molecule has 0 radical (unpaired) electrons. The Balaban J connectivity index is 0.000000240. The molecule has 20 heavy (non-hydrogen) atoms. The van der Waals surface area contributed by atoms with Crippen molar-refractivity contribution in [3.63, 3.8) is 0 Å². The van der Waals surface area contributed by atoms with Crippen LogP contribution < -0.4 is 0 Å². The fourth-order valence-corrected chi connectivity index (χ4v) is 2.27. The molecule has 1 nitrogen and oxygen atoms in total. The normalized spacial score (nSPS) is 15.9. The third kappa shape index (κ3) is 5.16. The molecule has 0 aliphatic heterocycles. The number of aryl methyl sites for hydroxylation is 1. The third-order valence-electron chi connectivity index (χ3n) is 4.00. The second kappa shape index (κ2) is 8.31. The monoisotopic (exact) mass is 290 g/mol. The van der Waals surface area contributed by atoms with E-state index in [0.29, 0.717) is 17.8 Å². The van der Waals surface area contributed by atoms with Crippen molar-refractivity contribution in [1.29, 1.82) is 0 Å². The highest BCUT2D eigenvalue weighted by Gasteiger charge is 2.10. The van der Waals surface area contributed by atoms with E-state index in [1.54, 1.807) is 0 Å². The summed E-state index contributed by atoms with van der Waals surface area (Å²) >= 11 is 4.43. The third-order valence-corrected chi connectivity index (χ3v) is 4.48. The standard InChI is InChI=1S/C12H18S.C6H8O/c1-8(2)10(4)11-6-5-9(3)12(13)7-11;7-5-6-3-1-2-4-6/h5-8,10,13H,1-4H3;1-2,5-6H,3-4H2. The number of aldehydes is 1. The van der Waals surface area contributed by atoms with Gasteiger partial charge in [0.05, 0.1) is 0 Å². The number of carbonyl (C=O) groups excluding carboxylic acids is 1. The van der Waals surface area contributed by atoms with Crippen LogP contribution in [0, 0.1) is 18.8 Å². The van der Waals surface area contributed by atoms with Crippen LogP contribution in [0.5, 0.6) is 0 Å². The molecule has 0 N–H and O–H groups in total. The molecule has 0 fully saturated rings. The zero-order valence-electron chi connectivity index (χ0n) is 13.0. The Morgan fingerprint density at radius 1 is 1.20 bits per heavy atom. The van der Waals surface area contributed by atoms with Crippen LogP contribution in [-0.4, -0.2) is 6.29 Å². The molecule has 0 saturated carbocycles. The predicted octanol–water partition coefficient (Wildman–Crippen LogP) is 5.19. The van der Waals surface area contributed by atoms with Crippen molar-refractivity contribution in [3.8, 4) is 0 Å². The molecule has 0 heterocycles. The van der Waals surface area contributed by atoms with Crippen molar-refractivity contribution in [3.05, 3.63) is 41.5 Å². The van der Waals surface area contributed by atoms with E-state index in [-0.39, 0.29) is 0 Å². The Morgan fingerprint density at radius 2 is 1.80 bits per heavy atom. The molecule has 110 valence electrons. The average molecular weight is 290 g/mol. The summed E-state index contributed by atoms with van der Waals surface area (Å²) in [5.74, 6) is 1.61. The number of allylic oxidation sites excluding steroid dienone is 2. The van der Waals surface area contributed by atoms with Crippen LogP contribution in [0.4, 0.5) is 0 Å². The number of hydrogen-bond acceptors (Lipinski definition) is 2. The highest BCUT2D eigenvalue weighted by atomic mass is 32.1. The zero-order valence-corrected chi connectivity index (χ0v) is 13.9. The quantitative estimate of drug-likeness (QED) is 0.460. The zero-order chi connectivity index (χ0) is 15.1. The molecule has 1 aromatic rings. The van der Waals surface area contributed by atoms with Crippen molar-refractivity contribution in [2.75, 3.05) is 0 Å². The molecule has 1 aromatic carbocycles. The first-order valence-corrected chi connectivity index (χ1v) is 7.80. The number of carbonyl (C=O) groups is 1. The largest absolute Gasteiger partial charge is 0.303 e. The van der Waals surface area contributed by atoms with Gasteiger partial charge in [0.2, 0.25) is 0 Å². The van der Waals surface area contributed by atoms with Crippen molar-refractivity contribution in [2.24, 2.45) is 11.8 Å². The maximum absolute atomic E-state index is 9.97. The van der Waals surface area contributed by atoms with Gasteiger partial charge in [-0.3, -0.25) is 0 Å². The van der Waals surface area contributed by atoms with Crippen LogP contribution in [-0.2, 0) is 4.79 Å². The number of benzene rings is 1. The number of thiol groups is 1. The lowest BCUT2D eigenvalue weighted by Gasteiger charge is -2.16. The highest BCUT2D eigenvalue weighted by molar-refractivity contribution is 7.80. The summed E-state index contributed by atoms with van der Waals surface area (Å²) in [6, 6.07) is 6.54. The number of hydrogen-bond donors (Lipinski definition) is 1. The molecule has 2 heteroatoms. The lowest BCUT2D eigenvalue weighted by Crippen LogP contribution is -2.01. The summed E-state index contributed by atoms with van der Waals surface area (Å²) in [7, 11) is 0. The van der Waals surface area contributed by atoms with Crippen LogP contribution in [0.3, 0.4) is 0 Å².